The Bertz CT molecular complexity index is 864. The predicted octanol–water partition coefficient (Wildman–Crippen LogP) is 5.69. The van der Waals surface area contributed by atoms with Gasteiger partial charge >= 0.3 is 0 Å². The van der Waals surface area contributed by atoms with Gasteiger partial charge in [-0.3, -0.25) is 0 Å². The zero-order chi connectivity index (χ0) is 17.8. The van der Waals surface area contributed by atoms with Crippen molar-refractivity contribution in [1.29, 1.82) is 0 Å². The number of phenols is 1. The van der Waals surface area contributed by atoms with Crippen molar-refractivity contribution in [2.75, 3.05) is 0 Å². The maximum Gasteiger partial charge on any atom is 0.131 e. The lowest BCUT2D eigenvalue weighted by Gasteiger charge is -2.12. The second kappa shape index (κ2) is 7.31. The maximum absolute atomic E-state index is 9.71. The van der Waals surface area contributed by atoms with Gasteiger partial charge in [-0.2, -0.15) is 0 Å². The summed E-state index contributed by atoms with van der Waals surface area (Å²) in [6, 6.07) is 19.2. The van der Waals surface area contributed by atoms with Crippen LogP contribution in [0.3, 0.4) is 0 Å². The van der Waals surface area contributed by atoms with Crippen LogP contribution in [0.2, 0.25) is 0 Å². The van der Waals surface area contributed by atoms with E-state index in [1.807, 2.05) is 44.2 Å². The van der Waals surface area contributed by atoms with Gasteiger partial charge in [-0.15, -0.1) is 0 Å². The Balaban J connectivity index is 1.75. The van der Waals surface area contributed by atoms with Crippen LogP contribution in [0.1, 0.15) is 22.3 Å². The van der Waals surface area contributed by atoms with Crippen molar-refractivity contribution in [2.45, 2.75) is 27.4 Å². The predicted molar refractivity (Wildman–Crippen MR) is 99.6 cm³/mol. The van der Waals surface area contributed by atoms with Crippen molar-refractivity contribution in [1.82, 2.24) is 0 Å². The van der Waals surface area contributed by atoms with Crippen LogP contribution in [-0.2, 0) is 6.61 Å². The summed E-state index contributed by atoms with van der Waals surface area (Å²) in [6.07, 6.45) is 0. The average molecular weight is 334 g/mol. The number of hydrogen-bond acceptors (Lipinski definition) is 3. The molecular formula is C22H22O3. The van der Waals surface area contributed by atoms with E-state index in [0.29, 0.717) is 18.1 Å². The Morgan fingerprint density at radius 2 is 1.40 bits per heavy atom. The van der Waals surface area contributed by atoms with Crippen LogP contribution in [0.5, 0.6) is 23.0 Å². The quantitative estimate of drug-likeness (QED) is 0.651. The summed E-state index contributed by atoms with van der Waals surface area (Å²) in [7, 11) is 0. The molecular weight excluding hydrogens is 312 g/mol. The minimum atomic E-state index is 0.193. The summed E-state index contributed by atoms with van der Waals surface area (Å²) < 4.78 is 11.8. The Labute approximate surface area is 148 Å². The van der Waals surface area contributed by atoms with Gasteiger partial charge in [-0.25, -0.2) is 0 Å². The van der Waals surface area contributed by atoms with Crippen LogP contribution >= 0.6 is 0 Å². The smallest absolute Gasteiger partial charge is 0.131 e. The minimum Gasteiger partial charge on any atom is -0.508 e. The van der Waals surface area contributed by atoms with E-state index in [2.05, 4.69) is 25.1 Å². The van der Waals surface area contributed by atoms with Crippen molar-refractivity contribution in [2.24, 2.45) is 0 Å². The molecule has 25 heavy (non-hydrogen) atoms. The first kappa shape index (κ1) is 16.9. The van der Waals surface area contributed by atoms with Gasteiger partial charge in [0.2, 0.25) is 0 Å². The minimum absolute atomic E-state index is 0.193. The van der Waals surface area contributed by atoms with E-state index in [1.165, 1.54) is 5.56 Å². The summed E-state index contributed by atoms with van der Waals surface area (Å²) in [4.78, 5) is 0. The van der Waals surface area contributed by atoms with Gasteiger partial charge in [0.15, 0.2) is 0 Å². The third-order valence-electron chi connectivity index (χ3n) is 3.78. The van der Waals surface area contributed by atoms with Crippen molar-refractivity contribution in [3.63, 3.8) is 0 Å². The van der Waals surface area contributed by atoms with E-state index < -0.39 is 0 Å². The molecule has 3 aromatic rings. The van der Waals surface area contributed by atoms with Gasteiger partial charge in [0.1, 0.15) is 29.6 Å². The lowest BCUT2D eigenvalue weighted by molar-refractivity contribution is 0.304. The number of hydrogen-bond donors (Lipinski definition) is 1. The highest BCUT2D eigenvalue weighted by Gasteiger charge is 2.05. The Kier molecular flexibility index (Phi) is 4.94. The van der Waals surface area contributed by atoms with Gasteiger partial charge in [0, 0.05) is 12.1 Å². The van der Waals surface area contributed by atoms with Gasteiger partial charge in [0.05, 0.1) is 0 Å². The molecule has 128 valence electrons. The van der Waals surface area contributed by atoms with E-state index >= 15 is 0 Å². The second-order valence-electron chi connectivity index (χ2n) is 6.37. The highest BCUT2D eigenvalue weighted by atomic mass is 16.5. The third-order valence-corrected chi connectivity index (χ3v) is 3.78. The molecule has 1 N–H and O–H groups in total. The summed E-state index contributed by atoms with van der Waals surface area (Å²) in [5.74, 6) is 2.24. The molecule has 0 radical (unpaired) electrons. The highest BCUT2D eigenvalue weighted by Crippen LogP contribution is 2.30. The molecule has 3 rings (SSSR count). The fourth-order valence-electron chi connectivity index (χ4n) is 2.75. The van der Waals surface area contributed by atoms with E-state index in [-0.39, 0.29) is 5.75 Å². The number of ether oxygens (including phenoxy) is 2. The molecule has 0 saturated heterocycles. The molecule has 3 heteroatoms. The van der Waals surface area contributed by atoms with Crippen LogP contribution in [0, 0.1) is 20.8 Å². The number of phenolic OH excluding ortho intramolecular Hbond substituents is 1. The molecule has 0 spiro atoms. The van der Waals surface area contributed by atoms with E-state index in [4.69, 9.17) is 9.47 Å². The molecule has 0 aromatic heterocycles. The van der Waals surface area contributed by atoms with Gasteiger partial charge in [-0.05, 0) is 61.7 Å². The van der Waals surface area contributed by atoms with Crippen molar-refractivity contribution >= 4 is 0 Å². The fourth-order valence-corrected chi connectivity index (χ4v) is 2.75. The molecule has 0 fully saturated rings. The first-order valence-corrected chi connectivity index (χ1v) is 8.26. The lowest BCUT2D eigenvalue weighted by atomic mass is 10.1. The molecule has 0 unspecified atom stereocenters. The molecule has 0 heterocycles. The SMILES string of the molecule is Cc1cccc(COc2cc(C)cc(Oc3cc(C)cc(O)c3)c2)c1. The molecule has 3 nitrogen and oxygen atoms in total. The summed E-state index contributed by atoms with van der Waals surface area (Å²) >= 11 is 0. The number of rotatable bonds is 5. The topological polar surface area (TPSA) is 38.7 Å². The maximum atomic E-state index is 9.71. The zero-order valence-corrected chi connectivity index (χ0v) is 14.7. The Hall–Kier alpha value is -2.94. The third kappa shape index (κ3) is 4.77. The van der Waals surface area contributed by atoms with Gasteiger partial charge < -0.3 is 14.6 Å². The molecule has 0 amide bonds. The monoisotopic (exact) mass is 334 g/mol. The van der Waals surface area contributed by atoms with Crippen LogP contribution < -0.4 is 9.47 Å². The van der Waals surface area contributed by atoms with Crippen molar-refractivity contribution in [3.8, 4) is 23.0 Å². The van der Waals surface area contributed by atoms with Crippen molar-refractivity contribution in [3.05, 3.63) is 82.9 Å². The summed E-state index contributed by atoms with van der Waals surface area (Å²) in [5.41, 5.74) is 4.34. The van der Waals surface area contributed by atoms with Gasteiger partial charge in [0.25, 0.3) is 0 Å². The Morgan fingerprint density at radius 1 is 0.720 bits per heavy atom. The van der Waals surface area contributed by atoms with E-state index in [1.54, 1.807) is 12.1 Å². The second-order valence-corrected chi connectivity index (χ2v) is 6.37. The highest BCUT2D eigenvalue weighted by molar-refractivity contribution is 5.43. The first-order valence-electron chi connectivity index (χ1n) is 8.26. The molecule has 0 aliphatic heterocycles. The normalized spacial score (nSPS) is 10.5. The summed E-state index contributed by atoms with van der Waals surface area (Å²) in [5, 5.41) is 9.71. The molecule has 0 atom stereocenters. The number of aromatic hydroxyl groups is 1. The molecule has 0 bridgehead atoms. The van der Waals surface area contributed by atoms with Crippen LogP contribution in [0.15, 0.2) is 60.7 Å². The zero-order valence-electron chi connectivity index (χ0n) is 14.7. The standard InChI is InChI=1S/C22H22O3/c1-15-5-4-6-18(7-15)14-24-20-9-17(3)11-22(13-20)25-21-10-16(2)8-19(23)12-21/h4-13,23H,14H2,1-3H3. The van der Waals surface area contributed by atoms with Crippen LogP contribution in [0.25, 0.3) is 0 Å². The van der Waals surface area contributed by atoms with Crippen molar-refractivity contribution < 1.29 is 14.6 Å². The molecule has 0 saturated carbocycles. The molecule has 3 aromatic carbocycles. The van der Waals surface area contributed by atoms with E-state index in [0.717, 1.165) is 22.4 Å². The number of aryl methyl sites for hydroxylation is 3. The fraction of sp³-hybridized carbons (Fsp3) is 0.182. The Morgan fingerprint density at radius 3 is 2.12 bits per heavy atom. The van der Waals surface area contributed by atoms with E-state index in [9.17, 15) is 5.11 Å². The van der Waals surface area contributed by atoms with Crippen LogP contribution in [-0.4, -0.2) is 5.11 Å². The van der Waals surface area contributed by atoms with Gasteiger partial charge in [-0.1, -0.05) is 29.8 Å². The lowest BCUT2D eigenvalue weighted by Crippen LogP contribution is -1.96. The molecule has 0 aliphatic carbocycles. The summed E-state index contributed by atoms with van der Waals surface area (Å²) in [6.45, 7) is 6.49. The number of benzene rings is 3. The average Bonchev–Trinajstić information content (AvgIpc) is 2.51. The van der Waals surface area contributed by atoms with Crippen LogP contribution in [0.4, 0.5) is 0 Å². The first-order chi connectivity index (χ1) is 12.0. The largest absolute Gasteiger partial charge is 0.508 e. The molecule has 0 aliphatic rings.